The number of nitrogens with one attached hydrogen (secondary N) is 2. The van der Waals surface area contributed by atoms with E-state index in [1.54, 1.807) is 18.2 Å². The molecular weight excluding hydrogens is 446 g/mol. The van der Waals surface area contributed by atoms with Crippen molar-refractivity contribution in [1.29, 1.82) is 0 Å². The van der Waals surface area contributed by atoms with Crippen molar-refractivity contribution >= 4 is 40.0 Å². The number of anilines is 1. The molecule has 8 heteroatoms. The molecular formula is C26H25N5O2S. The number of thioether (sulfide) groups is 1. The third-order valence-corrected chi connectivity index (χ3v) is 6.19. The zero-order valence-corrected chi connectivity index (χ0v) is 19.6. The van der Waals surface area contributed by atoms with Gasteiger partial charge in [-0.05, 0) is 30.5 Å². The van der Waals surface area contributed by atoms with E-state index >= 15 is 0 Å². The smallest absolute Gasteiger partial charge is 0.251 e. The second-order valence-electron chi connectivity index (χ2n) is 7.66. The van der Waals surface area contributed by atoms with Crippen LogP contribution in [0, 0.1) is 0 Å². The lowest BCUT2D eigenvalue weighted by molar-refractivity contribution is -0.113. The summed E-state index contributed by atoms with van der Waals surface area (Å²) in [5, 5.41) is 17.1. The lowest BCUT2D eigenvalue weighted by Crippen LogP contribution is -2.28. The molecule has 4 aromatic rings. The van der Waals surface area contributed by atoms with Gasteiger partial charge < -0.3 is 15.2 Å². The second kappa shape index (κ2) is 10.8. The van der Waals surface area contributed by atoms with Crippen molar-refractivity contribution in [2.24, 2.45) is 0 Å². The Bertz CT molecular complexity index is 1310. The number of aromatic nitrogens is 3. The SMILES string of the molecule is C=CCn1c(SCC(=O)Nc2cccc3ccccc23)nnc1[C@@H](C)NC(=O)c1ccccc1. The maximum Gasteiger partial charge on any atom is 0.251 e. The zero-order chi connectivity index (χ0) is 23.9. The van der Waals surface area contributed by atoms with E-state index in [0.29, 0.717) is 23.1 Å². The van der Waals surface area contributed by atoms with E-state index in [1.165, 1.54) is 11.8 Å². The average Bonchev–Trinajstić information content (AvgIpc) is 3.26. The van der Waals surface area contributed by atoms with Gasteiger partial charge in [-0.25, -0.2) is 0 Å². The number of hydrogen-bond donors (Lipinski definition) is 2. The van der Waals surface area contributed by atoms with Gasteiger partial charge in [-0.2, -0.15) is 0 Å². The van der Waals surface area contributed by atoms with E-state index in [1.807, 2.05) is 72.2 Å². The van der Waals surface area contributed by atoms with E-state index < -0.39 is 0 Å². The highest BCUT2D eigenvalue weighted by Crippen LogP contribution is 2.25. The van der Waals surface area contributed by atoms with Crippen LogP contribution in [0.3, 0.4) is 0 Å². The summed E-state index contributed by atoms with van der Waals surface area (Å²) >= 11 is 1.29. The fourth-order valence-corrected chi connectivity index (χ4v) is 4.37. The summed E-state index contributed by atoms with van der Waals surface area (Å²) < 4.78 is 1.86. The number of carbonyl (C=O) groups excluding carboxylic acids is 2. The summed E-state index contributed by atoms with van der Waals surface area (Å²) in [6, 6.07) is 22.4. The predicted octanol–water partition coefficient (Wildman–Crippen LogP) is 4.84. The van der Waals surface area contributed by atoms with Crippen molar-refractivity contribution < 1.29 is 9.59 Å². The van der Waals surface area contributed by atoms with Crippen LogP contribution in [-0.4, -0.2) is 32.3 Å². The van der Waals surface area contributed by atoms with E-state index in [2.05, 4.69) is 27.4 Å². The number of nitrogens with zero attached hydrogens (tertiary/aromatic N) is 3. The van der Waals surface area contributed by atoms with Crippen molar-refractivity contribution in [3.05, 3.63) is 96.8 Å². The Labute approximate surface area is 202 Å². The molecule has 0 spiro atoms. The number of allylic oxidation sites excluding steroid dienone is 1. The second-order valence-corrected chi connectivity index (χ2v) is 8.61. The standard InChI is InChI=1S/C26H25N5O2S/c1-3-16-31-24(18(2)27-25(33)20-11-5-4-6-12-20)29-30-26(31)34-17-23(32)28-22-15-9-13-19-10-7-8-14-21(19)22/h3-15,18H,1,16-17H2,2H3,(H,27,33)(H,28,32)/t18-/m1/s1. The van der Waals surface area contributed by atoms with Crippen molar-refractivity contribution in [2.45, 2.75) is 24.7 Å². The van der Waals surface area contributed by atoms with Crippen LogP contribution in [0.5, 0.6) is 0 Å². The number of fused-ring (bicyclic) bond motifs is 1. The van der Waals surface area contributed by atoms with Crippen LogP contribution in [0.25, 0.3) is 10.8 Å². The van der Waals surface area contributed by atoms with Crippen LogP contribution in [0.2, 0.25) is 0 Å². The van der Waals surface area contributed by atoms with Crippen LogP contribution in [0.1, 0.15) is 29.1 Å². The summed E-state index contributed by atoms with van der Waals surface area (Å²) in [6.45, 7) is 6.13. The van der Waals surface area contributed by atoms with Crippen LogP contribution in [0.4, 0.5) is 5.69 Å². The quantitative estimate of drug-likeness (QED) is 0.269. The number of carbonyl (C=O) groups is 2. The first kappa shape index (κ1) is 23.3. The highest BCUT2D eigenvalue weighted by Gasteiger charge is 2.20. The maximum absolute atomic E-state index is 12.7. The van der Waals surface area contributed by atoms with Gasteiger partial charge in [-0.3, -0.25) is 9.59 Å². The van der Waals surface area contributed by atoms with E-state index in [0.717, 1.165) is 16.5 Å². The first-order valence-corrected chi connectivity index (χ1v) is 11.9. The minimum atomic E-state index is -0.376. The minimum absolute atomic E-state index is 0.138. The van der Waals surface area contributed by atoms with Crippen LogP contribution in [0.15, 0.2) is 90.6 Å². The zero-order valence-electron chi connectivity index (χ0n) is 18.8. The Balaban J connectivity index is 1.43. The van der Waals surface area contributed by atoms with Crippen LogP contribution < -0.4 is 10.6 Å². The number of hydrogen-bond acceptors (Lipinski definition) is 5. The molecule has 0 aliphatic rings. The molecule has 0 unspecified atom stereocenters. The molecule has 0 radical (unpaired) electrons. The number of amides is 2. The molecule has 0 aliphatic carbocycles. The summed E-state index contributed by atoms with van der Waals surface area (Å²) in [6.07, 6.45) is 1.73. The first-order chi connectivity index (χ1) is 16.6. The molecule has 0 fully saturated rings. The average molecular weight is 472 g/mol. The van der Waals surface area contributed by atoms with Gasteiger partial charge in [0.1, 0.15) is 0 Å². The van der Waals surface area contributed by atoms with E-state index in [-0.39, 0.29) is 23.6 Å². The molecule has 4 rings (SSSR count). The fraction of sp³-hybridized carbons (Fsp3) is 0.154. The number of benzene rings is 3. The van der Waals surface area contributed by atoms with E-state index in [4.69, 9.17) is 0 Å². The molecule has 0 aliphatic heterocycles. The summed E-state index contributed by atoms with van der Waals surface area (Å²) in [5.41, 5.74) is 1.35. The third kappa shape index (κ3) is 5.35. The molecule has 3 aromatic carbocycles. The van der Waals surface area contributed by atoms with E-state index in [9.17, 15) is 9.59 Å². The molecule has 1 atom stereocenters. The van der Waals surface area contributed by atoms with Crippen LogP contribution >= 0.6 is 11.8 Å². The van der Waals surface area contributed by atoms with Crippen molar-refractivity contribution in [1.82, 2.24) is 20.1 Å². The first-order valence-electron chi connectivity index (χ1n) is 10.9. The van der Waals surface area contributed by atoms with Crippen molar-refractivity contribution in [3.8, 4) is 0 Å². The Morgan fingerprint density at radius 3 is 2.56 bits per heavy atom. The summed E-state index contributed by atoms with van der Waals surface area (Å²) in [5.74, 6) is 0.441. The van der Waals surface area contributed by atoms with Gasteiger partial charge in [-0.15, -0.1) is 16.8 Å². The number of rotatable bonds is 9. The topological polar surface area (TPSA) is 88.9 Å². The maximum atomic E-state index is 12.7. The van der Waals surface area contributed by atoms with Gasteiger partial charge in [0.2, 0.25) is 5.91 Å². The molecule has 0 saturated carbocycles. The monoisotopic (exact) mass is 471 g/mol. The molecule has 1 aromatic heterocycles. The Morgan fingerprint density at radius 1 is 1.03 bits per heavy atom. The minimum Gasteiger partial charge on any atom is -0.342 e. The Kier molecular flexibility index (Phi) is 7.39. The van der Waals surface area contributed by atoms with Gasteiger partial charge in [0, 0.05) is 23.2 Å². The summed E-state index contributed by atoms with van der Waals surface area (Å²) in [4.78, 5) is 25.2. The van der Waals surface area contributed by atoms with Gasteiger partial charge in [0.15, 0.2) is 11.0 Å². The highest BCUT2D eigenvalue weighted by atomic mass is 32.2. The molecule has 2 N–H and O–H groups in total. The largest absolute Gasteiger partial charge is 0.342 e. The molecule has 172 valence electrons. The molecule has 2 amide bonds. The van der Waals surface area contributed by atoms with Crippen LogP contribution in [-0.2, 0) is 11.3 Å². The Hall–Kier alpha value is -3.91. The normalized spacial score (nSPS) is 11.7. The van der Waals surface area contributed by atoms with Gasteiger partial charge >= 0.3 is 0 Å². The molecule has 1 heterocycles. The van der Waals surface area contributed by atoms with Gasteiger partial charge in [0.05, 0.1) is 11.8 Å². The molecule has 0 saturated heterocycles. The fourth-order valence-electron chi connectivity index (χ4n) is 3.61. The molecule has 7 nitrogen and oxygen atoms in total. The van der Waals surface area contributed by atoms with Crippen molar-refractivity contribution in [2.75, 3.05) is 11.1 Å². The molecule has 34 heavy (non-hydrogen) atoms. The lowest BCUT2D eigenvalue weighted by atomic mass is 10.1. The van der Waals surface area contributed by atoms with Crippen molar-refractivity contribution in [3.63, 3.8) is 0 Å². The molecule has 0 bridgehead atoms. The highest BCUT2D eigenvalue weighted by molar-refractivity contribution is 7.99. The predicted molar refractivity (Wildman–Crippen MR) is 136 cm³/mol. The summed E-state index contributed by atoms with van der Waals surface area (Å²) in [7, 11) is 0. The Morgan fingerprint density at radius 2 is 1.76 bits per heavy atom. The van der Waals surface area contributed by atoms with Gasteiger partial charge in [0.25, 0.3) is 5.91 Å². The van der Waals surface area contributed by atoms with Gasteiger partial charge in [-0.1, -0.05) is 72.4 Å². The third-order valence-electron chi connectivity index (χ3n) is 5.22. The lowest BCUT2D eigenvalue weighted by Gasteiger charge is -2.15.